The first-order chi connectivity index (χ1) is 24.9. The number of methoxy groups -OCH3 is 1. The Labute approximate surface area is 309 Å². The lowest BCUT2D eigenvalue weighted by molar-refractivity contribution is -0.143. The maximum absolute atomic E-state index is 12.4. The second kappa shape index (κ2) is 21.3. The van der Waals surface area contributed by atoms with Crippen LogP contribution in [0.25, 0.3) is 22.3 Å². The number of ether oxygens (including phenoxy) is 2. The summed E-state index contributed by atoms with van der Waals surface area (Å²) in [5, 5.41) is 7.88. The number of amides is 3. The van der Waals surface area contributed by atoms with E-state index in [-0.39, 0.29) is 22.7 Å². The van der Waals surface area contributed by atoms with Crippen molar-refractivity contribution >= 4 is 40.6 Å². The molecule has 3 amide bonds. The van der Waals surface area contributed by atoms with Crippen LogP contribution in [-0.4, -0.2) is 86.3 Å². The molecule has 0 spiro atoms. The molecule has 3 atom stereocenters. The summed E-state index contributed by atoms with van der Waals surface area (Å²) in [5.74, 6) is 0.912. The SMILES string of the molecule is C=CCCCCO[C@H](C)C(=O)N1CCCC1C.COc1ccc2c(=O)cc(-c3cc(C)nn3C)[nH]c2c1C.O=CNC1CC1.O=CNS(=O)C1CC1. The van der Waals surface area contributed by atoms with Gasteiger partial charge in [-0.2, -0.15) is 5.10 Å². The lowest BCUT2D eigenvalue weighted by Gasteiger charge is -2.25. The van der Waals surface area contributed by atoms with Gasteiger partial charge < -0.3 is 24.7 Å². The summed E-state index contributed by atoms with van der Waals surface area (Å²) in [6.45, 7) is 13.1. The Bertz CT molecular complexity index is 1720. The van der Waals surface area contributed by atoms with Crippen LogP contribution in [0.15, 0.2) is 41.7 Å². The number of hydrogen-bond acceptors (Lipinski definition) is 8. The van der Waals surface area contributed by atoms with Gasteiger partial charge in [-0.25, -0.2) is 4.21 Å². The highest BCUT2D eigenvalue weighted by atomic mass is 32.2. The Hall–Kier alpha value is -4.30. The second-order valence-electron chi connectivity index (χ2n) is 13.3. The third-order valence-electron chi connectivity index (χ3n) is 8.94. The molecule has 286 valence electrons. The zero-order valence-electron chi connectivity index (χ0n) is 31.4. The average Bonchev–Trinajstić information content (AvgIpc) is 4.06. The second-order valence-corrected chi connectivity index (χ2v) is 14.8. The van der Waals surface area contributed by atoms with Gasteiger partial charge in [0.25, 0.3) is 5.91 Å². The summed E-state index contributed by atoms with van der Waals surface area (Å²) in [5.41, 5.74) is 4.27. The van der Waals surface area contributed by atoms with Gasteiger partial charge in [0.05, 0.1) is 35.0 Å². The van der Waals surface area contributed by atoms with Crippen molar-refractivity contribution in [3.63, 3.8) is 0 Å². The molecule has 3 fully saturated rings. The number of likely N-dealkylation sites (tertiary alicyclic amines) is 1. The van der Waals surface area contributed by atoms with Gasteiger partial charge in [0.2, 0.25) is 12.8 Å². The Balaban J connectivity index is 0.000000208. The Morgan fingerprint density at radius 3 is 2.38 bits per heavy atom. The van der Waals surface area contributed by atoms with E-state index in [0.29, 0.717) is 30.5 Å². The Kier molecular flexibility index (Phi) is 17.2. The normalized spacial score (nSPS) is 17.2. The quantitative estimate of drug-likeness (QED) is 0.121. The number of nitrogens with zero attached hydrogens (tertiary/aromatic N) is 3. The number of fused-ring (bicyclic) bond motifs is 1. The highest BCUT2D eigenvalue weighted by molar-refractivity contribution is 7.84. The van der Waals surface area contributed by atoms with Crippen molar-refractivity contribution < 1.29 is 28.1 Å². The number of hydrogen-bond donors (Lipinski definition) is 3. The predicted molar refractivity (Wildman–Crippen MR) is 205 cm³/mol. The summed E-state index contributed by atoms with van der Waals surface area (Å²) >= 11 is 0. The van der Waals surface area contributed by atoms with Crippen LogP contribution in [0.3, 0.4) is 0 Å². The molecule has 2 aliphatic carbocycles. The highest BCUT2D eigenvalue weighted by Gasteiger charge is 2.29. The van der Waals surface area contributed by atoms with E-state index < -0.39 is 11.0 Å². The number of aryl methyl sites for hydroxylation is 3. The summed E-state index contributed by atoms with van der Waals surface area (Å²) in [6, 6.07) is 8.09. The third-order valence-corrected chi connectivity index (χ3v) is 10.3. The molecule has 1 aliphatic heterocycles. The molecule has 0 bridgehead atoms. The van der Waals surface area contributed by atoms with Crippen molar-refractivity contribution in [2.45, 2.75) is 109 Å². The Morgan fingerprint density at radius 1 is 1.13 bits per heavy atom. The van der Waals surface area contributed by atoms with Gasteiger partial charge in [-0.3, -0.25) is 28.6 Å². The summed E-state index contributed by atoms with van der Waals surface area (Å²) < 4.78 is 25.5. The number of aromatic amines is 1. The zero-order chi connectivity index (χ0) is 38.2. The van der Waals surface area contributed by atoms with Gasteiger partial charge in [0.15, 0.2) is 5.43 Å². The lowest BCUT2D eigenvalue weighted by atomic mass is 10.1. The molecule has 3 aliphatic rings. The van der Waals surface area contributed by atoms with Crippen molar-refractivity contribution in [1.82, 2.24) is 29.7 Å². The molecule has 2 saturated carbocycles. The minimum Gasteiger partial charge on any atom is -0.496 e. The number of allylic oxidation sites excluding steroid dienone is 1. The molecule has 3 aromatic rings. The number of carbonyl (C=O) groups is 3. The van der Waals surface area contributed by atoms with Crippen LogP contribution in [0, 0.1) is 13.8 Å². The monoisotopic (exact) mass is 740 g/mol. The van der Waals surface area contributed by atoms with Crippen molar-refractivity contribution in [3.8, 4) is 17.1 Å². The molecule has 14 heteroatoms. The van der Waals surface area contributed by atoms with Crippen molar-refractivity contribution in [2.75, 3.05) is 20.3 Å². The van der Waals surface area contributed by atoms with E-state index in [1.165, 1.54) is 12.8 Å². The number of carbonyl (C=O) groups excluding carboxylic acids is 3. The molecule has 52 heavy (non-hydrogen) atoms. The van der Waals surface area contributed by atoms with E-state index in [2.05, 4.69) is 33.6 Å². The molecule has 0 radical (unpaired) electrons. The zero-order valence-corrected chi connectivity index (χ0v) is 32.3. The smallest absolute Gasteiger partial charge is 0.251 e. The van der Waals surface area contributed by atoms with E-state index in [4.69, 9.17) is 9.47 Å². The average molecular weight is 741 g/mol. The number of nitrogens with one attached hydrogen (secondary N) is 3. The standard InChI is InChI=1S/C16H17N3O2.C14H25NO2.C4H7NO2S.C4H7NO/c1-9-7-13(19(3)18-9)12-8-14(20)11-5-6-15(21-4)10(2)16(11)17-12;1-4-5-6-7-11-17-13(3)14(16)15-10-8-9-12(15)2;6-3-5-8(7)4-1-2-4;6-3-5-4-1-2-4/h5-8H,1-4H3,(H,17,20);4,12-13H,1,5-11H2,2-3H3;3-4H,1-2H2,(H,5,6);3-4H,1-2H2,(H,5,6)/t;12?,13-;;/m.1../s1. The van der Waals surface area contributed by atoms with Crippen molar-refractivity contribution in [1.29, 1.82) is 0 Å². The summed E-state index contributed by atoms with van der Waals surface area (Å²) in [6.07, 6.45) is 12.6. The van der Waals surface area contributed by atoms with Gasteiger partial charge >= 0.3 is 0 Å². The van der Waals surface area contributed by atoms with Crippen LogP contribution in [0.5, 0.6) is 5.75 Å². The molecule has 1 saturated heterocycles. The van der Waals surface area contributed by atoms with Crippen LogP contribution in [0.4, 0.5) is 0 Å². The van der Waals surface area contributed by atoms with Crippen LogP contribution in [-0.2, 0) is 37.2 Å². The minimum absolute atomic E-state index is 0.0108. The first-order valence-electron chi connectivity index (χ1n) is 18.0. The fraction of sp³-hybridized carbons (Fsp3) is 0.553. The van der Waals surface area contributed by atoms with Crippen LogP contribution >= 0.6 is 0 Å². The van der Waals surface area contributed by atoms with E-state index >= 15 is 0 Å². The first kappa shape index (κ1) is 42.1. The number of pyridine rings is 1. The van der Waals surface area contributed by atoms with Crippen LogP contribution in [0.1, 0.15) is 82.9 Å². The predicted octanol–water partition coefficient (Wildman–Crippen LogP) is 4.77. The molecule has 1 aromatic carbocycles. The van der Waals surface area contributed by atoms with E-state index in [1.54, 1.807) is 23.9 Å². The number of rotatable bonds is 14. The fourth-order valence-electron chi connectivity index (χ4n) is 5.65. The number of benzene rings is 1. The largest absolute Gasteiger partial charge is 0.496 e. The molecule has 3 N–H and O–H groups in total. The topological polar surface area (TPSA) is 165 Å². The lowest BCUT2D eigenvalue weighted by Crippen LogP contribution is -2.41. The molecular formula is C38H56N6O7S. The Morgan fingerprint density at radius 2 is 1.87 bits per heavy atom. The molecule has 2 unspecified atom stereocenters. The first-order valence-corrected chi connectivity index (χ1v) is 19.2. The van der Waals surface area contributed by atoms with Crippen LogP contribution < -0.4 is 20.2 Å². The van der Waals surface area contributed by atoms with E-state index in [0.717, 1.165) is 91.8 Å². The molecule has 3 heterocycles. The fourth-order valence-corrected chi connectivity index (χ4v) is 6.50. The molecular weight excluding hydrogens is 685 g/mol. The number of aromatic nitrogens is 3. The highest BCUT2D eigenvalue weighted by Crippen LogP contribution is 2.27. The minimum atomic E-state index is -1.08. The summed E-state index contributed by atoms with van der Waals surface area (Å²) in [4.78, 5) is 48.9. The van der Waals surface area contributed by atoms with Gasteiger partial charge in [0, 0.05) is 49.3 Å². The summed E-state index contributed by atoms with van der Waals surface area (Å²) in [7, 11) is 2.41. The van der Waals surface area contributed by atoms with Gasteiger partial charge in [-0.1, -0.05) is 6.08 Å². The maximum Gasteiger partial charge on any atom is 0.251 e. The van der Waals surface area contributed by atoms with Gasteiger partial charge in [-0.15, -0.1) is 6.58 Å². The number of H-pyrrole nitrogens is 1. The number of unbranched alkanes of at least 4 members (excludes halogenated alkanes) is 2. The molecule has 6 rings (SSSR count). The van der Waals surface area contributed by atoms with Crippen molar-refractivity contribution in [3.05, 3.63) is 58.4 Å². The molecule has 13 nitrogen and oxygen atoms in total. The van der Waals surface area contributed by atoms with Gasteiger partial charge in [0.1, 0.15) is 22.8 Å². The molecule has 2 aromatic heterocycles. The maximum atomic E-state index is 12.4. The van der Waals surface area contributed by atoms with E-state index in [1.807, 2.05) is 50.9 Å². The van der Waals surface area contributed by atoms with Gasteiger partial charge in [-0.05, 0) is 104 Å². The van der Waals surface area contributed by atoms with E-state index in [9.17, 15) is 23.4 Å². The van der Waals surface area contributed by atoms with Crippen molar-refractivity contribution in [2.24, 2.45) is 7.05 Å². The third kappa shape index (κ3) is 13.0. The van der Waals surface area contributed by atoms with Crippen LogP contribution in [0.2, 0.25) is 0 Å².